The molecule has 4 rings (SSSR count). The summed E-state index contributed by atoms with van der Waals surface area (Å²) < 4.78 is 5.22. The van der Waals surface area contributed by atoms with Crippen LogP contribution in [0.15, 0.2) is 72.4 Å². The van der Waals surface area contributed by atoms with Gasteiger partial charge in [-0.15, -0.1) is 0 Å². The van der Waals surface area contributed by atoms with E-state index in [0.29, 0.717) is 33.3 Å². The van der Waals surface area contributed by atoms with E-state index in [4.69, 9.17) is 16.3 Å². The Morgan fingerprint density at radius 3 is 2.19 bits per heavy atom. The molecule has 2 amide bonds. The quantitative estimate of drug-likeness (QED) is 0.551. The van der Waals surface area contributed by atoms with Crippen molar-refractivity contribution < 1.29 is 14.3 Å². The van der Waals surface area contributed by atoms with Gasteiger partial charge >= 0.3 is 0 Å². The molecule has 0 unspecified atom stereocenters. The van der Waals surface area contributed by atoms with Crippen LogP contribution in [0.5, 0.6) is 5.75 Å². The average molecular weight is 433 g/mol. The third-order valence-corrected chi connectivity index (χ3v) is 5.69. The van der Waals surface area contributed by atoms with Crippen molar-refractivity contribution in [3.05, 3.63) is 94.1 Å². The van der Waals surface area contributed by atoms with Crippen LogP contribution in [-0.4, -0.2) is 18.9 Å². The first-order valence-electron chi connectivity index (χ1n) is 9.77. The molecule has 0 spiro atoms. The van der Waals surface area contributed by atoms with Crippen LogP contribution in [0, 0.1) is 13.8 Å². The first kappa shape index (κ1) is 20.7. The first-order valence-corrected chi connectivity index (χ1v) is 10.1. The Morgan fingerprint density at radius 1 is 0.871 bits per heavy atom. The molecule has 31 heavy (non-hydrogen) atoms. The molecule has 6 heteroatoms. The molecule has 0 radical (unpaired) electrons. The molecule has 0 atom stereocenters. The number of imide groups is 1. The maximum atomic E-state index is 13.5. The van der Waals surface area contributed by atoms with Crippen LogP contribution < -0.4 is 15.0 Å². The van der Waals surface area contributed by atoms with Gasteiger partial charge in [-0.3, -0.25) is 9.59 Å². The summed E-state index contributed by atoms with van der Waals surface area (Å²) in [5.74, 6) is -0.142. The number of hydrogen-bond acceptors (Lipinski definition) is 4. The predicted molar refractivity (Wildman–Crippen MR) is 123 cm³/mol. The van der Waals surface area contributed by atoms with Crippen molar-refractivity contribution in [1.82, 2.24) is 0 Å². The van der Waals surface area contributed by atoms with Crippen molar-refractivity contribution in [1.29, 1.82) is 0 Å². The Balaban J connectivity index is 1.83. The summed E-state index contributed by atoms with van der Waals surface area (Å²) in [4.78, 5) is 28.1. The van der Waals surface area contributed by atoms with E-state index in [1.54, 1.807) is 55.6 Å². The molecule has 0 bridgehead atoms. The summed E-state index contributed by atoms with van der Waals surface area (Å²) in [7, 11) is 1.58. The molecule has 1 aliphatic heterocycles. The lowest BCUT2D eigenvalue weighted by molar-refractivity contribution is -0.120. The zero-order valence-corrected chi connectivity index (χ0v) is 18.2. The predicted octanol–water partition coefficient (Wildman–Crippen LogP) is 5.36. The number of hydrogen-bond donors (Lipinski definition) is 1. The zero-order valence-electron chi connectivity index (χ0n) is 17.4. The highest BCUT2D eigenvalue weighted by atomic mass is 35.5. The van der Waals surface area contributed by atoms with Gasteiger partial charge in [0.05, 0.1) is 18.4 Å². The molecule has 3 aromatic rings. The lowest BCUT2D eigenvalue weighted by Crippen LogP contribution is -2.32. The van der Waals surface area contributed by atoms with Crippen molar-refractivity contribution in [2.75, 3.05) is 17.3 Å². The number of aryl methyl sites for hydroxylation is 1. The number of nitrogens with one attached hydrogen (secondary N) is 1. The van der Waals surface area contributed by atoms with Gasteiger partial charge in [0.2, 0.25) is 0 Å². The SMILES string of the molecule is COc1ccc(C2=C(Nc3cccc(Cl)c3C)C(=O)N(c3ccc(C)cc3)C2=O)cc1. The summed E-state index contributed by atoms with van der Waals surface area (Å²) in [5.41, 5.74) is 4.15. The second-order valence-electron chi connectivity index (χ2n) is 7.30. The van der Waals surface area contributed by atoms with E-state index in [1.165, 1.54) is 4.90 Å². The molecular weight excluding hydrogens is 412 g/mol. The number of nitrogens with zero attached hydrogens (tertiary/aromatic N) is 1. The first-order chi connectivity index (χ1) is 14.9. The molecule has 1 heterocycles. The number of carbonyl (C=O) groups is 2. The molecule has 0 aliphatic carbocycles. The summed E-state index contributed by atoms with van der Waals surface area (Å²) in [5, 5.41) is 3.74. The number of anilines is 2. The Hall–Kier alpha value is -3.57. The minimum absolute atomic E-state index is 0.209. The second-order valence-corrected chi connectivity index (χ2v) is 7.70. The fourth-order valence-corrected chi connectivity index (χ4v) is 3.65. The van der Waals surface area contributed by atoms with Crippen LogP contribution in [0.2, 0.25) is 5.02 Å². The lowest BCUT2D eigenvalue weighted by Gasteiger charge is -2.16. The smallest absolute Gasteiger partial charge is 0.282 e. The Labute approximate surface area is 185 Å². The van der Waals surface area contributed by atoms with Crippen LogP contribution in [0.1, 0.15) is 16.7 Å². The van der Waals surface area contributed by atoms with Gasteiger partial charge in [0.15, 0.2) is 0 Å². The van der Waals surface area contributed by atoms with Crippen molar-refractivity contribution in [3.8, 4) is 5.75 Å². The van der Waals surface area contributed by atoms with Crippen LogP contribution in [-0.2, 0) is 9.59 Å². The summed E-state index contributed by atoms with van der Waals surface area (Å²) in [6, 6.07) is 19.7. The van der Waals surface area contributed by atoms with Crippen LogP contribution in [0.3, 0.4) is 0 Å². The lowest BCUT2D eigenvalue weighted by atomic mass is 10.0. The van der Waals surface area contributed by atoms with Crippen LogP contribution >= 0.6 is 11.6 Å². The largest absolute Gasteiger partial charge is 0.497 e. The summed E-state index contributed by atoms with van der Waals surface area (Å²) in [6.45, 7) is 3.81. The number of amides is 2. The van der Waals surface area contributed by atoms with Gasteiger partial charge in [-0.1, -0.05) is 47.5 Å². The maximum absolute atomic E-state index is 13.5. The Kier molecular flexibility index (Phi) is 5.53. The van der Waals surface area contributed by atoms with Gasteiger partial charge < -0.3 is 10.1 Å². The number of methoxy groups -OCH3 is 1. The molecule has 0 saturated carbocycles. The highest BCUT2D eigenvalue weighted by molar-refractivity contribution is 6.46. The molecule has 0 fully saturated rings. The maximum Gasteiger partial charge on any atom is 0.282 e. The number of ether oxygens (including phenoxy) is 1. The standard InChI is InChI=1S/C25H21ClN2O3/c1-15-7-11-18(12-8-15)28-24(29)22(17-9-13-19(31-3)14-10-17)23(25(28)30)27-21-6-4-5-20(26)16(21)2/h4-14,27H,1-3H3. The van der Waals surface area contributed by atoms with E-state index in [9.17, 15) is 9.59 Å². The molecule has 0 saturated heterocycles. The third kappa shape index (κ3) is 3.80. The number of carbonyl (C=O) groups excluding carboxylic acids is 2. The molecular formula is C25H21ClN2O3. The van der Waals surface area contributed by atoms with Gasteiger partial charge in [-0.25, -0.2) is 4.90 Å². The molecule has 1 aliphatic rings. The number of halogens is 1. The van der Waals surface area contributed by atoms with Gasteiger partial charge in [0, 0.05) is 10.7 Å². The van der Waals surface area contributed by atoms with Crippen LogP contribution in [0.25, 0.3) is 5.57 Å². The van der Waals surface area contributed by atoms with Crippen molar-refractivity contribution in [3.63, 3.8) is 0 Å². The Morgan fingerprint density at radius 2 is 1.55 bits per heavy atom. The Bertz CT molecular complexity index is 1200. The van der Waals surface area contributed by atoms with Gasteiger partial charge in [-0.2, -0.15) is 0 Å². The van der Waals surface area contributed by atoms with Gasteiger partial charge in [0.25, 0.3) is 11.8 Å². The normalized spacial score (nSPS) is 13.7. The van der Waals surface area contributed by atoms with E-state index >= 15 is 0 Å². The van der Waals surface area contributed by atoms with E-state index in [1.807, 2.05) is 32.0 Å². The summed E-state index contributed by atoms with van der Waals surface area (Å²) in [6.07, 6.45) is 0. The zero-order chi connectivity index (χ0) is 22.1. The van der Waals surface area contributed by atoms with E-state index in [0.717, 1.165) is 11.1 Å². The third-order valence-electron chi connectivity index (χ3n) is 5.28. The molecule has 5 nitrogen and oxygen atoms in total. The molecule has 156 valence electrons. The summed E-state index contributed by atoms with van der Waals surface area (Å²) >= 11 is 6.26. The topological polar surface area (TPSA) is 58.6 Å². The number of benzene rings is 3. The monoisotopic (exact) mass is 432 g/mol. The van der Waals surface area contributed by atoms with E-state index in [-0.39, 0.29) is 11.6 Å². The fourth-order valence-electron chi connectivity index (χ4n) is 3.48. The second kappa shape index (κ2) is 8.28. The minimum atomic E-state index is -0.418. The highest BCUT2D eigenvalue weighted by Crippen LogP contribution is 2.35. The van der Waals surface area contributed by atoms with Crippen molar-refractivity contribution in [2.45, 2.75) is 13.8 Å². The average Bonchev–Trinajstić information content (AvgIpc) is 3.01. The van der Waals surface area contributed by atoms with Crippen LogP contribution in [0.4, 0.5) is 11.4 Å². The highest BCUT2D eigenvalue weighted by Gasteiger charge is 2.40. The van der Waals surface area contributed by atoms with Crippen molar-refractivity contribution in [2.24, 2.45) is 0 Å². The van der Waals surface area contributed by atoms with Gasteiger partial charge in [-0.05, 0) is 61.4 Å². The molecule has 1 N–H and O–H groups in total. The van der Waals surface area contributed by atoms with E-state index < -0.39 is 5.91 Å². The molecule has 0 aromatic heterocycles. The minimum Gasteiger partial charge on any atom is -0.497 e. The van der Waals surface area contributed by atoms with Gasteiger partial charge in [0.1, 0.15) is 11.4 Å². The number of rotatable bonds is 5. The molecule has 3 aromatic carbocycles. The van der Waals surface area contributed by atoms with E-state index in [2.05, 4.69) is 5.32 Å². The fraction of sp³-hybridized carbons (Fsp3) is 0.120. The van der Waals surface area contributed by atoms with Crippen molar-refractivity contribution >= 4 is 40.4 Å².